The molecule has 1 aromatic carbocycles. The number of methoxy groups -OCH3 is 1. The molecule has 0 fully saturated rings. The smallest absolute Gasteiger partial charge is 0.497 e. The Morgan fingerprint density at radius 2 is 1.74 bits per heavy atom. The van der Waals surface area contributed by atoms with E-state index in [-0.39, 0.29) is 30.7 Å². The Labute approximate surface area is 255 Å². The number of hydrazone groups is 1. The molecule has 2 rings (SSSR count). The third-order valence-corrected chi connectivity index (χ3v) is 10.4. The van der Waals surface area contributed by atoms with Crippen LogP contribution >= 0.6 is 20.0 Å². The zero-order valence-corrected chi connectivity index (χ0v) is 29.0. The minimum atomic E-state index is -3.99. The number of phosphoric acid groups is 1. The molecule has 232 valence electrons. The molecule has 0 saturated carbocycles. The standard InChI is InChI=1S/C26H42N5O7PSSi2/c1-34-21-10-11-24(38-39(33,36-13-15-41(2,3)4)37-14-16-42(5,6)7)20(17-21)19-35-26(32)30-22-9-8-12-28-23(22)18-29-31-25(27)40/h8-12,17-18H,13-16,19H2,1-7H3,(H,30,32)(H3,27,31,40)/b29-18+. The Hall–Kier alpha value is -2.82. The fourth-order valence-electron chi connectivity index (χ4n) is 3.09. The first-order valence-electron chi connectivity index (χ1n) is 13.3. The van der Waals surface area contributed by atoms with Gasteiger partial charge < -0.3 is 19.7 Å². The number of ether oxygens (including phenoxy) is 2. The van der Waals surface area contributed by atoms with E-state index in [0.29, 0.717) is 22.7 Å². The molecule has 0 radical (unpaired) electrons. The molecule has 0 aliphatic rings. The molecular weight excluding hydrogens is 614 g/mol. The van der Waals surface area contributed by atoms with E-state index >= 15 is 0 Å². The first-order chi connectivity index (χ1) is 19.6. The first-order valence-corrected chi connectivity index (χ1v) is 22.6. The molecule has 0 aliphatic heterocycles. The molecule has 0 aliphatic carbocycles. The molecule has 42 heavy (non-hydrogen) atoms. The van der Waals surface area contributed by atoms with Crippen molar-refractivity contribution in [2.24, 2.45) is 10.8 Å². The molecule has 1 heterocycles. The maximum Gasteiger partial charge on any atom is 0.530 e. The lowest BCUT2D eigenvalue weighted by atomic mass is 10.2. The molecule has 12 nitrogen and oxygen atoms in total. The number of hydrogen-bond donors (Lipinski definition) is 3. The van der Waals surface area contributed by atoms with Crippen LogP contribution in [0.3, 0.4) is 0 Å². The predicted octanol–water partition coefficient (Wildman–Crippen LogP) is 6.20. The van der Waals surface area contributed by atoms with Crippen molar-refractivity contribution in [1.29, 1.82) is 0 Å². The molecule has 1 amide bonds. The average molecular weight is 656 g/mol. The van der Waals surface area contributed by atoms with Crippen molar-refractivity contribution in [3.63, 3.8) is 0 Å². The van der Waals surface area contributed by atoms with Gasteiger partial charge in [0.1, 0.15) is 23.8 Å². The van der Waals surface area contributed by atoms with E-state index in [9.17, 15) is 9.36 Å². The average Bonchev–Trinajstić information content (AvgIpc) is 2.87. The topological polar surface area (TPSA) is 156 Å². The number of benzene rings is 1. The van der Waals surface area contributed by atoms with Crippen LogP contribution in [-0.2, 0) is 25.0 Å². The molecule has 0 saturated heterocycles. The highest BCUT2D eigenvalue weighted by atomic mass is 32.1. The monoisotopic (exact) mass is 655 g/mol. The summed E-state index contributed by atoms with van der Waals surface area (Å²) in [6.07, 6.45) is 2.12. The third-order valence-electron chi connectivity index (χ3n) is 5.48. The zero-order chi connectivity index (χ0) is 31.4. The fraction of sp³-hybridized carbons (Fsp3) is 0.462. The Balaban J connectivity index is 2.20. The number of anilines is 1. The number of aromatic nitrogens is 1. The summed E-state index contributed by atoms with van der Waals surface area (Å²) in [6.45, 7) is 13.5. The van der Waals surface area contributed by atoms with Crippen LogP contribution in [0.25, 0.3) is 0 Å². The largest absolute Gasteiger partial charge is 0.530 e. The Bertz CT molecular complexity index is 1260. The number of thiocarbonyl (C=S) groups is 1. The molecule has 16 heteroatoms. The maximum absolute atomic E-state index is 13.8. The van der Waals surface area contributed by atoms with Crippen LogP contribution in [0, 0.1) is 0 Å². The summed E-state index contributed by atoms with van der Waals surface area (Å²) in [5, 5.41) is 6.47. The summed E-state index contributed by atoms with van der Waals surface area (Å²) in [7, 11) is -5.41. The second-order valence-electron chi connectivity index (χ2n) is 11.7. The molecule has 0 spiro atoms. The van der Waals surface area contributed by atoms with Gasteiger partial charge in [0, 0.05) is 27.9 Å². The van der Waals surface area contributed by atoms with Crippen LogP contribution in [0.5, 0.6) is 11.5 Å². The van der Waals surface area contributed by atoms with Gasteiger partial charge in [0.15, 0.2) is 5.11 Å². The van der Waals surface area contributed by atoms with Crippen molar-refractivity contribution in [2.75, 3.05) is 25.6 Å². The highest BCUT2D eigenvalue weighted by Gasteiger charge is 2.32. The number of hydrogen-bond acceptors (Lipinski definition) is 10. The highest BCUT2D eigenvalue weighted by Crippen LogP contribution is 2.51. The second kappa shape index (κ2) is 16.1. The van der Waals surface area contributed by atoms with Gasteiger partial charge in [-0.1, -0.05) is 39.3 Å². The third kappa shape index (κ3) is 13.9. The van der Waals surface area contributed by atoms with Gasteiger partial charge in [-0.2, -0.15) is 5.10 Å². The normalized spacial score (nSPS) is 12.2. The van der Waals surface area contributed by atoms with Crippen LogP contribution in [0.1, 0.15) is 11.3 Å². The Morgan fingerprint density at radius 1 is 1.10 bits per heavy atom. The van der Waals surface area contributed by atoms with E-state index in [4.69, 9.17) is 41.0 Å². The van der Waals surface area contributed by atoms with Crippen LogP contribution in [0.2, 0.25) is 51.4 Å². The number of nitrogens with one attached hydrogen (secondary N) is 2. The van der Waals surface area contributed by atoms with Gasteiger partial charge >= 0.3 is 13.9 Å². The van der Waals surface area contributed by atoms with Gasteiger partial charge in [0.25, 0.3) is 0 Å². The molecule has 1 aromatic heterocycles. The summed E-state index contributed by atoms with van der Waals surface area (Å²) < 4.78 is 42.0. The number of pyridine rings is 1. The summed E-state index contributed by atoms with van der Waals surface area (Å²) in [5.41, 5.74) is 8.88. The van der Waals surface area contributed by atoms with E-state index in [2.05, 4.69) is 60.1 Å². The zero-order valence-electron chi connectivity index (χ0n) is 25.3. The van der Waals surface area contributed by atoms with Gasteiger partial charge in [0.2, 0.25) is 0 Å². The van der Waals surface area contributed by atoms with Crippen molar-refractivity contribution >= 4 is 59.3 Å². The molecular formula is C26H42N5O7PSSi2. The van der Waals surface area contributed by atoms with Crippen LogP contribution in [-0.4, -0.2) is 58.9 Å². The van der Waals surface area contributed by atoms with Gasteiger partial charge in [-0.25, -0.2) is 9.36 Å². The number of nitrogens with two attached hydrogens (primary N) is 1. The number of rotatable bonds is 16. The number of carbonyl (C=O) groups excluding carboxylic acids is 1. The van der Waals surface area contributed by atoms with E-state index in [1.165, 1.54) is 19.5 Å². The number of carbonyl (C=O) groups is 1. The van der Waals surface area contributed by atoms with Gasteiger partial charge in [-0.15, -0.1) is 0 Å². The lowest BCUT2D eigenvalue weighted by Crippen LogP contribution is -2.24. The van der Waals surface area contributed by atoms with Crippen molar-refractivity contribution in [1.82, 2.24) is 10.4 Å². The second-order valence-corrected chi connectivity index (χ2v) is 24.9. The van der Waals surface area contributed by atoms with E-state index in [1.807, 2.05) is 0 Å². The minimum absolute atomic E-state index is 0.0140. The van der Waals surface area contributed by atoms with E-state index in [1.54, 1.807) is 30.3 Å². The first kappa shape index (κ1) is 35.4. The molecule has 0 atom stereocenters. The number of phosphoric ester groups is 1. The van der Waals surface area contributed by atoms with Crippen molar-refractivity contribution in [3.8, 4) is 11.5 Å². The van der Waals surface area contributed by atoms with Crippen LogP contribution in [0.4, 0.5) is 10.5 Å². The number of amides is 1. The number of nitrogens with zero attached hydrogens (tertiary/aromatic N) is 2. The molecule has 0 unspecified atom stereocenters. The molecule has 4 N–H and O–H groups in total. The van der Waals surface area contributed by atoms with Crippen molar-refractivity contribution < 1.29 is 32.4 Å². The predicted molar refractivity (Wildman–Crippen MR) is 175 cm³/mol. The van der Waals surface area contributed by atoms with E-state index in [0.717, 1.165) is 12.1 Å². The lowest BCUT2D eigenvalue weighted by molar-refractivity contribution is 0.151. The fourth-order valence-corrected chi connectivity index (χ4v) is 6.15. The summed E-state index contributed by atoms with van der Waals surface area (Å²) in [4.78, 5) is 16.9. The Kier molecular flexibility index (Phi) is 13.6. The minimum Gasteiger partial charge on any atom is -0.497 e. The Morgan fingerprint density at radius 3 is 2.31 bits per heavy atom. The summed E-state index contributed by atoms with van der Waals surface area (Å²) >= 11 is 4.72. The summed E-state index contributed by atoms with van der Waals surface area (Å²) in [5.74, 6) is 0.678. The van der Waals surface area contributed by atoms with Gasteiger partial charge in [-0.3, -0.25) is 24.8 Å². The van der Waals surface area contributed by atoms with Crippen LogP contribution < -0.4 is 25.7 Å². The van der Waals surface area contributed by atoms with E-state index < -0.39 is 30.1 Å². The molecule has 2 aromatic rings. The SMILES string of the molecule is COc1ccc(OP(=O)(OCC[Si](C)(C)C)OCC[Si](C)(C)C)c(COC(=O)Nc2cccnc2/C=N/NC(N)=S)c1. The highest BCUT2D eigenvalue weighted by molar-refractivity contribution is 7.80. The van der Waals surface area contributed by atoms with Gasteiger partial charge in [0.05, 0.1) is 32.2 Å². The molecule has 0 bridgehead atoms. The summed E-state index contributed by atoms with van der Waals surface area (Å²) in [6, 6.07) is 9.69. The van der Waals surface area contributed by atoms with Gasteiger partial charge in [-0.05, 0) is 54.6 Å². The lowest BCUT2D eigenvalue weighted by Gasteiger charge is -2.23. The van der Waals surface area contributed by atoms with Crippen molar-refractivity contribution in [3.05, 3.63) is 47.8 Å². The van der Waals surface area contributed by atoms with Crippen LogP contribution in [0.15, 0.2) is 41.6 Å². The van der Waals surface area contributed by atoms with Crippen molar-refractivity contribution in [2.45, 2.75) is 58.0 Å². The maximum atomic E-state index is 13.8. The quantitative estimate of drug-likeness (QED) is 0.0622.